The minimum Gasteiger partial charge on any atom is -0.490 e. The van der Waals surface area contributed by atoms with Crippen molar-refractivity contribution in [3.8, 4) is 11.5 Å². The Bertz CT molecular complexity index is 1260. The molecule has 3 aromatic carbocycles. The van der Waals surface area contributed by atoms with E-state index in [0.29, 0.717) is 5.69 Å². The van der Waals surface area contributed by atoms with Crippen molar-refractivity contribution in [1.82, 2.24) is 5.43 Å². The topological polar surface area (TPSA) is 111 Å². The van der Waals surface area contributed by atoms with E-state index >= 15 is 0 Å². The molecule has 9 heteroatoms. The minimum atomic E-state index is -0.612. The van der Waals surface area contributed by atoms with E-state index in [1.165, 1.54) is 18.2 Å². The maximum Gasteiger partial charge on any atom is 0.315 e. The average Bonchev–Trinajstić information content (AvgIpc) is 3.13. The fraction of sp³-hybridized carbons (Fsp3) is 0.120. The van der Waals surface area contributed by atoms with Gasteiger partial charge in [-0.05, 0) is 42.3 Å². The van der Waals surface area contributed by atoms with Gasteiger partial charge < -0.3 is 9.47 Å². The summed E-state index contributed by atoms with van der Waals surface area (Å²) in [5.74, 6) is -1.06. The molecule has 4 rings (SSSR count). The van der Waals surface area contributed by atoms with Crippen LogP contribution in [0.4, 0.5) is 11.4 Å². The number of nitro groups is 1. The number of nitrogens with one attached hydrogen (secondary N) is 1. The second-order valence-electron chi connectivity index (χ2n) is 7.31. The number of anilines is 1. The molecule has 3 aromatic rings. The van der Waals surface area contributed by atoms with Gasteiger partial charge in [0.05, 0.1) is 17.2 Å². The van der Waals surface area contributed by atoms with Gasteiger partial charge in [-0.3, -0.25) is 25.1 Å². The highest BCUT2D eigenvalue weighted by molar-refractivity contribution is 6.31. The van der Waals surface area contributed by atoms with Crippen LogP contribution in [0.1, 0.15) is 18.1 Å². The van der Waals surface area contributed by atoms with Crippen LogP contribution >= 0.6 is 0 Å². The van der Waals surface area contributed by atoms with Gasteiger partial charge in [0.2, 0.25) is 5.75 Å². The van der Waals surface area contributed by atoms with Crippen molar-refractivity contribution in [2.45, 2.75) is 13.5 Å². The molecule has 172 valence electrons. The fourth-order valence-corrected chi connectivity index (χ4v) is 3.45. The summed E-state index contributed by atoms with van der Waals surface area (Å²) in [7, 11) is 0. The van der Waals surface area contributed by atoms with Gasteiger partial charge in [0, 0.05) is 6.07 Å². The lowest BCUT2D eigenvalue weighted by atomic mass is 10.1. The van der Waals surface area contributed by atoms with E-state index in [1.807, 2.05) is 30.3 Å². The SMILES string of the molecule is CCOc1cc(/C=C2/C(=O)NN(c3ccccc3)C2=O)cc([N+](=O)[O-])c1OCc1ccccc1. The second kappa shape index (κ2) is 9.86. The normalized spacial score (nSPS) is 14.3. The Morgan fingerprint density at radius 3 is 2.32 bits per heavy atom. The summed E-state index contributed by atoms with van der Waals surface area (Å²) in [6.45, 7) is 2.08. The van der Waals surface area contributed by atoms with E-state index in [0.717, 1.165) is 10.6 Å². The molecule has 1 N–H and O–H groups in total. The molecule has 0 radical (unpaired) electrons. The predicted octanol–water partition coefficient (Wildman–Crippen LogP) is 4.03. The number of amides is 2. The Labute approximate surface area is 195 Å². The Hall–Kier alpha value is -4.66. The van der Waals surface area contributed by atoms with Crippen LogP contribution in [0.3, 0.4) is 0 Å². The number of hydrazine groups is 1. The van der Waals surface area contributed by atoms with Crippen molar-refractivity contribution in [2.75, 3.05) is 11.6 Å². The number of nitrogens with zero attached hydrogens (tertiary/aromatic N) is 2. The number of nitro benzene ring substituents is 1. The fourth-order valence-electron chi connectivity index (χ4n) is 3.45. The lowest BCUT2D eigenvalue weighted by molar-refractivity contribution is -0.386. The van der Waals surface area contributed by atoms with Gasteiger partial charge in [0.1, 0.15) is 12.2 Å². The van der Waals surface area contributed by atoms with Gasteiger partial charge in [-0.25, -0.2) is 5.01 Å². The lowest BCUT2D eigenvalue weighted by Crippen LogP contribution is -2.35. The van der Waals surface area contributed by atoms with Crippen LogP contribution < -0.4 is 19.9 Å². The van der Waals surface area contributed by atoms with E-state index < -0.39 is 16.7 Å². The molecule has 0 aromatic heterocycles. The second-order valence-corrected chi connectivity index (χ2v) is 7.31. The number of ether oxygens (including phenoxy) is 2. The number of para-hydroxylation sites is 1. The summed E-state index contributed by atoms with van der Waals surface area (Å²) in [6.07, 6.45) is 1.30. The Balaban J connectivity index is 1.69. The number of benzene rings is 3. The standard InChI is InChI=1S/C25H21N3O6/c1-2-33-22-15-18(13-20-24(29)26-27(25(20)30)19-11-7-4-8-12-19)14-21(28(31)32)23(22)34-16-17-9-5-3-6-10-17/h3-15H,2,16H2,1H3,(H,26,29)/b20-13-. The van der Waals surface area contributed by atoms with Gasteiger partial charge in [-0.2, -0.15) is 0 Å². The van der Waals surface area contributed by atoms with Crippen molar-refractivity contribution < 1.29 is 24.0 Å². The zero-order chi connectivity index (χ0) is 24.1. The largest absolute Gasteiger partial charge is 0.490 e. The molecular weight excluding hydrogens is 438 g/mol. The first-order valence-corrected chi connectivity index (χ1v) is 10.5. The van der Waals surface area contributed by atoms with Crippen molar-refractivity contribution in [3.63, 3.8) is 0 Å². The summed E-state index contributed by atoms with van der Waals surface area (Å²) in [5.41, 5.74) is 3.60. The van der Waals surface area contributed by atoms with Gasteiger partial charge >= 0.3 is 5.69 Å². The quantitative estimate of drug-likeness (QED) is 0.236. The Morgan fingerprint density at radius 2 is 1.68 bits per heavy atom. The van der Waals surface area contributed by atoms with Crippen LogP contribution in [0, 0.1) is 10.1 Å². The highest BCUT2D eigenvalue weighted by atomic mass is 16.6. The first-order chi connectivity index (χ1) is 16.5. The average molecular weight is 459 g/mol. The smallest absolute Gasteiger partial charge is 0.315 e. The van der Waals surface area contributed by atoms with E-state index in [4.69, 9.17) is 9.47 Å². The first kappa shape index (κ1) is 22.5. The zero-order valence-electron chi connectivity index (χ0n) is 18.3. The summed E-state index contributed by atoms with van der Waals surface area (Å²) >= 11 is 0. The van der Waals surface area contributed by atoms with Crippen molar-refractivity contribution in [2.24, 2.45) is 0 Å². The predicted molar refractivity (Wildman–Crippen MR) is 125 cm³/mol. The van der Waals surface area contributed by atoms with Crippen LogP contribution in [-0.4, -0.2) is 23.3 Å². The van der Waals surface area contributed by atoms with Crippen molar-refractivity contribution in [3.05, 3.63) is 99.6 Å². The van der Waals surface area contributed by atoms with Gasteiger partial charge in [-0.1, -0.05) is 48.5 Å². The molecule has 1 heterocycles. The number of rotatable bonds is 8. The zero-order valence-corrected chi connectivity index (χ0v) is 18.3. The number of hydrogen-bond acceptors (Lipinski definition) is 6. The van der Waals surface area contributed by atoms with E-state index in [1.54, 1.807) is 37.3 Å². The molecule has 1 saturated heterocycles. The monoisotopic (exact) mass is 459 g/mol. The van der Waals surface area contributed by atoms with Crippen molar-refractivity contribution >= 4 is 29.3 Å². The molecule has 0 aliphatic carbocycles. The van der Waals surface area contributed by atoms with Crippen LogP contribution in [-0.2, 0) is 16.2 Å². The molecule has 2 amide bonds. The molecule has 0 atom stereocenters. The van der Waals surface area contributed by atoms with Crippen LogP contribution in [0.15, 0.2) is 78.4 Å². The maximum absolute atomic E-state index is 12.9. The van der Waals surface area contributed by atoms with Crippen molar-refractivity contribution in [1.29, 1.82) is 0 Å². The summed E-state index contributed by atoms with van der Waals surface area (Å²) in [4.78, 5) is 36.6. The van der Waals surface area contributed by atoms with Gasteiger partial charge in [-0.15, -0.1) is 0 Å². The Morgan fingerprint density at radius 1 is 1.00 bits per heavy atom. The summed E-state index contributed by atoms with van der Waals surface area (Å²) in [5, 5.41) is 13.0. The van der Waals surface area contributed by atoms with Crippen LogP contribution in [0.2, 0.25) is 0 Å². The molecule has 34 heavy (non-hydrogen) atoms. The molecule has 1 fully saturated rings. The highest BCUT2D eigenvalue weighted by Crippen LogP contribution is 2.40. The first-order valence-electron chi connectivity index (χ1n) is 10.5. The molecule has 1 aliphatic heterocycles. The molecule has 0 spiro atoms. The minimum absolute atomic E-state index is 0.0223. The number of carbonyl (C=O) groups is 2. The Kier molecular flexibility index (Phi) is 6.54. The van der Waals surface area contributed by atoms with E-state index in [2.05, 4.69) is 5.43 Å². The molecule has 0 unspecified atom stereocenters. The lowest BCUT2D eigenvalue weighted by Gasteiger charge is -2.14. The third kappa shape index (κ3) is 4.73. The molecule has 0 saturated carbocycles. The molecule has 0 bridgehead atoms. The molecular formula is C25H21N3O6. The van der Waals surface area contributed by atoms with Crippen LogP contribution in [0.25, 0.3) is 6.08 Å². The van der Waals surface area contributed by atoms with Gasteiger partial charge in [0.15, 0.2) is 5.75 Å². The van der Waals surface area contributed by atoms with Gasteiger partial charge in [0.25, 0.3) is 11.8 Å². The summed E-state index contributed by atoms with van der Waals surface area (Å²) < 4.78 is 11.4. The molecule has 1 aliphatic rings. The van der Waals surface area contributed by atoms with E-state index in [9.17, 15) is 19.7 Å². The molecule has 9 nitrogen and oxygen atoms in total. The third-order valence-corrected chi connectivity index (χ3v) is 5.00. The number of hydrogen-bond donors (Lipinski definition) is 1. The highest BCUT2D eigenvalue weighted by Gasteiger charge is 2.34. The van der Waals surface area contributed by atoms with Crippen LogP contribution in [0.5, 0.6) is 11.5 Å². The summed E-state index contributed by atoms with van der Waals surface area (Å²) in [6, 6.07) is 20.6. The third-order valence-electron chi connectivity index (χ3n) is 5.00. The maximum atomic E-state index is 12.9. The number of carbonyl (C=O) groups excluding carboxylic acids is 2. The van der Waals surface area contributed by atoms with E-state index in [-0.39, 0.29) is 41.5 Å².